The molecular formula is C14H21N3O3S. The van der Waals surface area contributed by atoms with Crippen molar-refractivity contribution in [1.82, 2.24) is 5.32 Å². The first kappa shape index (κ1) is 17.2. The number of rotatable bonds is 6. The van der Waals surface area contributed by atoms with Crippen LogP contribution < -0.4 is 16.0 Å². The molecule has 116 valence electrons. The fourth-order valence-corrected chi connectivity index (χ4v) is 2.88. The number of nitrogens with one attached hydrogen (secondary N) is 1. The number of hydrogen-bond acceptors (Lipinski definition) is 4. The molecule has 0 bridgehead atoms. The van der Waals surface area contributed by atoms with E-state index in [4.69, 9.17) is 5.73 Å². The number of nitrogens with two attached hydrogens (primary N) is 1. The van der Waals surface area contributed by atoms with Crippen LogP contribution in [0, 0.1) is 0 Å². The van der Waals surface area contributed by atoms with E-state index in [0.717, 1.165) is 4.88 Å². The van der Waals surface area contributed by atoms with Gasteiger partial charge in [0.25, 0.3) is 5.91 Å². The predicted octanol–water partition coefficient (Wildman–Crippen LogP) is 1.46. The average molecular weight is 311 g/mol. The summed E-state index contributed by atoms with van der Waals surface area (Å²) < 4.78 is 0. The zero-order valence-electron chi connectivity index (χ0n) is 12.7. The summed E-state index contributed by atoms with van der Waals surface area (Å²) in [5.74, 6) is -0.727. The maximum Gasteiger partial charge on any atom is 0.251 e. The predicted molar refractivity (Wildman–Crippen MR) is 83.6 cm³/mol. The van der Waals surface area contributed by atoms with Gasteiger partial charge in [-0.25, -0.2) is 0 Å². The van der Waals surface area contributed by atoms with Gasteiger partial charge in [0.05, 0.1) is 5.56 Å². The number of primary amides is 1. The maximum atomic E-state index is 12.1. The number of amides is 3. The molecule has 0 aromatic carbocycles. The van der Waals surface area contributed by atoms with E-state index < -0.39 is 5.91 Å². The van der Waals surface area contributed by atoms with E-state index in [1.807, 2.05) is 13.8 Å². The van der Waals surface area contributed by atoms with Gasteiger partial charge in [-0.05, 0) is 12.0 Å². The van der Waals surface area contributed by atoms with Crippen LogP contribution in [0.25, 0.3) is 0 Å². The first-order valence-corrected chi connectivity index (χ1v) is 7.50. The highest BCUT2D eigenvalue weighted by Gasteiger charge is 2.22. The van der Waals surface area contributed by atoms with Gasteiger partial charge in [-0.2, -0.15) is 0 Å². The van der Waals surface area contributed by atoms with Gasteiger partial charge in [0.15, 0.2) is 0 Å². The van der Waals surface area contributed by atoms with Crippen molar-refractivity contribution in [3.63, 3.8) is 0 Å². The Kier molecular flexibility index (Phi) is 5.90. The number of carbonyl (C=O) groups is 3. The fraction of sp³-hybridized carbons (Fsp3) is 0.500. The van der Waals surface area contributed by atoms with Gasteiger partial charge in [-0.1, -0.05) is 13.8 Å². The van der Waals surface area contributed by atoms with Crippen molar-refractivity contribution in [3.05, 3.63) is 16.5 Å². The molecule has 0 spiro atoms. The van der Waals surface area contributed by atoms with E-state index >= 15 is 0 Å². The molecule has 1 rings (SSSR count). The molecule has 1 aromatic rings. The normalized spacial score (nSPS) is 10.5. The van der Waals surface area contributed by atoms with Gasteiger partial charge in [-0.3, -0.25) is 14.4 Å². The molecule has 1 aromatic heterocycles. The van der Waals surface area contributed by atoms with Crippen LogP contribution in [-0.2, 0) is 9.59 Å². The maximum absolute atomic E-state index is 12.1. The Morgan fingerprint density at radius 3 is 2.43 bits per heavy atom. The molecule has 3 amide bonds. The second-order valence-corrected chi connectivity index (χ2v) is 6.07. The van der Waals surface area contributed by atoms with Crippen molar-refractivity contribution < 1.29 is 14.4 Å². The molecule has 21 heavy (non-hydrogen) atoms. The molecule has 0 unspecified atom stereocenters. The smallest absolute Gasteiger partial charge is 0.251 e. The highest BCUT2D eigenvalue weighted by atomic mass is 32.1. The molecule has 0 aliphatic rings. The van der Waals surface area contributed by atoms with Gasteiger partial charge >= 0.3 is 0 Å². The van der Waals surface area contributed by atoms with Gasteiger partial charge < -0.3 is 16.0 Å². The van der Waals surface area contributed by atoms with E-state index in [9.17, 15) is 14.4 Å². The lowest BCUT2D eigenvalue weighted by Crippen LogP contribution is -2.29. The lowest BCUT2D eigenvalue weighted by molar-refractivity contribution is -0.124. The van der Waals surface area contributed by atoms with Crippen LogP contribution in [0.15, 0.2) is 6.07 Å². The third-order valence-corrected chi connectivity index (χ3v) is 4.60. The van der Waals surface area contributed by atoms with Crippen LogP contribution in [0.4, 0.5) is 5.00 Å². The van der Waals surface area contributed by atoms with Crippen molar-refractivity contribution in [2.45, 2.75) is 32.6 Å². The molecule has 7 heteroatoms. The van der Waals surface area contributed by atoms with Crippen LogP contribution in [0.3, 0.4) is 0 Å². The third-order valence-electron chi connectivity index (χ3n) is 3.09. The Hall–Kier alpha value is -1.89. The Morgan fingerprint density at radius 2 is 1.95 bits per heavy atom. The number of hydrogen-bond donors (Lipinski definition) is 2. The summed E-state index contributed by atoms with van der Waals surface area (Å²) >= 11 is 1.38. The Labute approximate surface area is 128 Å². The first-order valence-electron chi connectivity index (χ1n) is 6.68. The minimum Gasteiger partial charge on any atom is -0.366 e. The zero-order valence-corrected chi connectivity index (χ0v) is 13.5. The molecular weight excluding hydrogens is 290 g/mol. The molecule has 0 radical (unpaired) electrons. The van der Waals surface area contributed by atoms with Gasteiger partial charge in [0.2, 0.25) is 11.8 Å². The van der Waals surface area contributed by atoms with Crippen LogP contribution in [-0.4, -0.2) is 31.8 Å². The van der Waals surface area contributed by atoms with E-state index in [1.54, 1.807) is 13.1 Å². The lowest BCUT2D eigenvalue weighted by Gasteiger charge is -2.16. The van der Waals surface area contributed by atoms with E-state index in [2.05, 4.69) is 5.32 Å². The van der Waals surface area contributed by atoms with Crippen LogP contribution in [0.1, 0.15) is 47.8 Å². The quantitative estimate of drug-likeness (QED) is 0.833. The summed E-state index contributed by atoms with van der Waals surface area (Å²) in [4.78, 5) is 37.2. The monoisotopic (exact) mass is 311 g/mol. The van der Waals surface area contributed by atoms with Crippen LogP contribution in [0.2, 0.25) is 0 Å². The summed E-state index contributed by atoms with van der Waals surface area (Å²) in [6.07, 6.45) is 0.206. The van der Waals surface area contributed by atoms with Gasteiger partial charge in [-0.15, -0.1) is 11.3 Å². The molecule has 3 N–H and O–H groups in total. The number of anilines is 1. The topological polar surface area (TPSA) is 92.5 Å². The zero-order chi connectivity index (χ0) is 16.2. The van der Waals surface area contributed by atoms with Crippen molar-refractivity contribution >= 4 is 34.1 Å². The molecule has 0 fully saturated rings. The van der Waals surface area contributed by atoms with E-state index in [-0.39, 0.29) is 30.6 Å². The Morgan fingerprint density at radius 1 is 1.33 bits per heavy atom. The first-order chi connectivity index (χ1) is 9.77. The Balaban J connectivity index is 2.95. The summed E-state index contributed by atoms with van der Waals surface area (Å²) in [5.41, 5.74) is 5.72. The fourth-order valence-electron chi connectivity index (χ4n) is 1.74. The lowest BCUT2D eigenvalue weighted by atomic mass is 10.1. The third kappa shape index (κ3) is 4.29. The van der Waals surface area contributed by atoms with Crippen molar-refractivity contribution in [2.24, 2.45) is 5.73 Å². The second kappa shape index (κ2) is 7.21. The second-order valence-electron chi connectivity index (χ2n) is 5.01. The summed E-state index contributed by atoms with van der Waals surface area (Å²) in [6, 6.07) is 1.73. The molecule has 1 heterocycles. The summed E-state index contributed by atoms with van der Waals surface area (Å²) in [6.45, 7) is 4.02. The molecule has 0 aliphatic carbocycles. The van der Waals surface area contributed by atoms with Gasteiger partial charge in [0.1, 0.15) is 5.00 Å². The standard InChI is InChI=1S/C14H21N3O3S/c1-8(2)10-7-9(13(15)20)14(21-10)17(4)12(19)6-5-11(18)16-3/h7-8H,5-6H2,1-4H3,(H2,15,20)(H,16,18). The number of nitrogens with zero attached hydrogens (tertiary/aromatic N) is 1. The van der Waals surface area contributed by atoms with Crippen molar-refractivity contribution in [1.29, 1.82) is 0 Å². The SMILES string of the molecule is CNC(=O)CCC(=O)N(C)c1sc(C(C)C)cc1C(N)=O. The highest BCUT2D eigenvalue weighted by molar-refractivity contribution is 7.16. The number of thiophene rings is 1. The minimum atomic E-state index is -0.556. The largest absolute Gasteiger partial charge is 0.366 e. The van der Waals surface area contributed by atoms with Crippen LogP contribution in [0.5, 0.6) is 0 Å². The van der Waals surface area contributed by atoms with E-state index in [1.165, 1.54) is 23.3 Å². The molecule has 0 saturated heterocycles. The molecule has 0 aliphatic heterocycles. The van der Waals surface area contributed by atoms with Crippen LogP contribution >= 0.6 is 11.3 Å². The number of carbonyl (C=O) groups excluding carboxylic acids is 3. The minimum absolute atomic E-state index is 0.0866. The average Bonchev–Trinajstić information content (AvgIpc) is 2.88. The molecule has 0 atom stereocenters. The van der Waals surface area contributed by atoms with E-state index in [0.29, 0.717) is 10.6 Å². The highest BCUT2D eigenvalue weighted by Crippen LogP contribution is 2.35. The van der Waals surface area contributed by atoms with Crippen molar-refractivity contribution in [3.8, 4) is 0 Å². The summed E-state index contributed by atoms with van der Waals surface area (Å²) in [5, 5.41) is 3.00. The molecule has 0 saturated carbocycles. The van der Waals surface area contributed by atoms with Gasteiger partial charge in [0, 0.05) is 31.8 Å². The Bertz CT molecular complexity index is 552. The summed E-state index contributed by atoms with van der Waals surface area (Å²) in [7, 11) is 3.12. The van der Waals surface area contributed by atoms with Crippen molar-refractivity contribution in [2.75, 3.05) is 19.0 Å². The molecule has 6 nitrogen and oxygen atoms in total.